The van der Waals surface area contributed by atoms with Crippen molar-refractivity contribution < 1.29 is 13.5 Å². The van der Waals surface area contributed by atoms with Crippen LogP contribution in [0.4, 0.5) is 8.78 Å². The van der Waals surface area contributed by atoms with Crippen LogP contribution in [0.2, 0.25) is 0 Å². The second-order valence-electron chi connectivity index (χ2n) is 2.90. The SMILES string of the molecule is FC(F)Oc1cccc(CCCCl)c1Br. The quantitative estimate of drug-likeness (QED) is 0.740. The Kier molecular flexibility index (Phi) is 5.32. The lowest BCUT2D eigenvalue weighted by molar-refractivity contribution is -0.0503. The van der Waals surface area contributed by atoms with E-state index in [-0.39, 0.29) is 5.75 Å². The number of alkyl halides is 3. The van der Waals surface area contributed by atoms with E-state index in [1.807, 2.05) is 6.07 Å². The molecule has 0 saturated carbocycles. The molecule has 0 amide bonds. The fraction of sp³-hybridized carbons (Fsp3) is 0.400. The highest BCUT2D eigenvalue weighted by molar-refractivity contribution is 9.10. The van der Waals surface area contributed by atoms with E-state index in [0.29, 0.717) is 10.4 Å². The van der Waals surface area contributed by atoms with Crippen LogP contribution in [-0.4, -0.2) is 12.5 Å². The van der Waals surface area contributed by atoms with Gasteiger partial charge in [-0.25, -0.2) is 0 Å². The van der Waals surface area contributed by atoms with Gasteiger partial charge in [0.05, 0.1) is 4.47 Å². The summed E-state index contributed by atoms with van der Waals surface area (Å²) in [5, 5.41) is 0. The smallest absolute Gasteiger partial charge is 0.387 e. The first-order valence-electron chi connectivity index (χ1n) is 4.43. The predicted octanol–water partition coefficient (Wildman–Crippen LogP) is 4.22. The third kappa shape index (κ3) is 3.95. The van der Waals surface area contributed by atoms with Crippen molar-refractivity contribution in [2.75, 3.05) is 5.88 Å². The third-order valence-electron chi connectivity index (χ3n) is 1.84. The first-order valence-corrected chi connectivity index (χ1v) is 5.76. The number of ether oxygens (including phenoxy) is 1. The van der Waals surface area contributed by atoms with Gasteiger partial charge in [-0.15, -0.1) is 11.6 Å². The highest BCUT2D eigenvalue weighted by atomic mass is 79.9. The molecule has 0 atom stereocenters. The summed E-state index contributed by atoms with van der Waals surface area (Å²) in [5.74, 6) is 0.712. The van der Waals surface area contributed by atoms with Gasteiger partial charge >= 0.3 is 6.61 Å². The van der Waals surface area contributed by atoms with E-state index in [1.54, 1.807) is 6.07 Å². The molecule has 1 rings (SSSR count). The lowest BCUT2D eigenvalue weighted by atomic mass is 10.1. The number of hydrogen-bond donors (Lipinski definition) is 0. The Morgan fingerprint density at radius 2 is 2.13 bits per heavy atom. The van der Waals surface area contributed by atoms with Crippen LogP contribution in [0.1, 0.15) is 12.0 Å². The van der Waals surface area contributed by atoms with Crippen molar-refractivity contribution in [1.29, 1.82) is 0 Å². The molecule has 84 valence electrons. The van der Waals surface area contributed by atoms with E-state index in [4.69, 9.17) is 11.6 Å². The lowest BCUT2D eigenvalue weighted by Crippen LogP contribution is -2.03. The van der Waals surface area contributed by atoms with E-state index >= 15 is 0 Å². The molecule has 0 unspecified atom stereocenters. The van der Waals surface area contributed by atoms with Crippen molar-refractivity contribution in [2.24, 2.45) is 0 Å². The molecule has 0 aliphatic heterocycles. The van der Waals surface area contributed by atoms with Crippen molar-refractivity contribution >= 4 is 27.5 Å². The Hall–Kier alpha value is -0.350. The fourth-order valence-electron chi connectivity index (χ4n) is 1.19. The summed E-state index contributed by atoms with van der Waals surface area (Å²) in [6.07, 6.45) is 1.54. The van der Waals surface area contributed by atoms with Gasteiger partial charge < -0.3 is 4.74 Å². The molecule has 0 saturated heterocycles. The molecule has 0 aromatic heterocycles. The van der Waals surface area contributed by atoms with Crippen molar-refractivity contribution in [2.45, 2.75) is 19.5 Å². The fourth-order valence-corrected chi connectivity index (χ4v) is 1.88. The van der Waals surface area contributed by atoms with Crippen LogP contribution in [0.25, 0.3) is 0 Å². The van der Waals surface area contributed by atoms with Crippen LogP contribution in [0.3, 0.4) is 0 Å². The molecule has 5 heteroatoms. The lowest BCUT2D eigenvalue weighted by Gasteiger charge is -2.10. The summed E-state index contributed by atoms with van der Waals surface area (Å²) in [6.45, 7) is -2.80. The van der Waals surface area contributed by atoms with Gasteiger partial charge in [0.1, 0.15) is 5.75 Å². The molecule has 0 spiro atoms. The van der Waals surface area contributed by atoms with E-state index < -0.39 is 6.61 Å². The van der Waals surface area contributed by atoms with Crippen LogP contribution < -0.4 is 4.74 Å². The summed E-state index contributed by atoms with van der Waals surface area (Å²) in [7, 11) is 0. The number of hydrogen-bond acceptors (Lipinski definition) is 1. The van der Waals surface area contributed by atoms with Crippen molar-refractivity contribution in [3.8, 4) is 5.75 Å². The van der Waals surface area contributed by atoms with Gasteiger partial charge in [-0.3, -0.25) is 0 Å². The zero-order valence-electron chi connectivity index (χ0n) is 7.85. The van der Waals surface area contributed by atoms with E-state index in [1.165, 1.54) is 6.07 Å². The second kappa shape index (κ2) is 6.28. The van der Waals surface area contributed by atoms with Gasteiger partial charge in [0.2, 0.25) is 0 Å². The second-order valence-corrected chi connectivity index (χ2v) is 4.07. The first-order chi connectivity index (χ1) is 7.15. The highest BCUT2D eigenvalue weighted by Gasteiger charge is 2.10. The van der Waals surface area contributed by atoms with E-state index in [0.717, 1.165) is 18.4 Å². The van der Waals surface area contributed by atoms with E-state index in [2.05, 4.69) is 20.7 Å². The Labute approximate surface area is 101 Å². The molecule has 1 nitrogen and oxygen atoms in total. The molecule has 0 aliphatic carbocycles. The van der Waals surface area contributed by atoms with Crippen molar-refractivity contribution in [1.82, 2.24) is 0 Å². The van der Waals surface area contributed by atoms with Gasteiger partial charge in [0.15, 0.2) is 0 Å². The van der Waals surface area contributed by atoms with Crippen LogP contribution >= 0.6 is 27.5 Å². The molecule has 0 N–H and O–H groups in total. The van der Waals surface area contributed by atoms with Crippen LogP contribution in [0.5, 0.6) is 5.75 Å². The Morgan fingerprint density at radius 1 is 1.40 bits per heavy atom. The molecular formula is C10H10BrClF2O. The number of aryl methyl sites for hydroxylation is 1. The maximum atomic E-state index is 12.0. The zero-order valence-corrected chi connectivity index (χ0v) is 10.2. The van der Waals surface area contributed by atoms with Gasteiger partial charge in [0, 0.05) is 5.88 Å². The summed E-state index contributed by atoms with van der Waals surface area (Å²) in [6, 6.07) is 5.04. The number of benzene rings is 1. The normalized spacial score (nSPS) is 10.7. The summed E-state index contributed by atoms with van der Waals surface area (Å²) in [4.78, 5) is 0. The molecule has 0 heterocycles. The molecule has 1 aromatic carbocycles. The van der Waals surface area contributed by atoms with Gasteiger partial charge in [0.25, 0.3) is 0 Å². The Balaban J connectivity index is 2.80. The van der Waals surface area contributed by atoms with Crippen molar-refractivity contribution in [3.05, 3.63) is 28.2 Å². The molecular weight excluding hydrogens is 289 g/mol. The maximum absolute atomic E-state index is 12.0. The van der Waals surface area contributed by atoms with Crippen molar-refractivity contribution in [3.63, 3.8) is 0 Å². The van der Waals surface area contributed by atoms with Crippen LogP contribution in [0, 0.1) is 0 Å². The summed E-state index contributed by atoms with van der Waals surface area (Å²) >= 11 is 8.80. The topological polar surface area (TPSA) is 9.23 Å². The van der Waals surface area contributed by atoms with Crippen LogP contribution in [-0.2, 0) is 6.42 Å². The Bertz CT molecular complexity index is 320. The Morgan fingerprint density at radius 3 is 2.73 bits per heavy atom. The van der Waals surface area contributed by atoms with Gasteiger partial charge in [-0.05, 0) is 40.4 Å². The molecule has 15 heavy (non-hydrogen) atoms. The maximum Gasteiger partial charge on any atom is 0.387 e. The monoisotopic (exact) mass is 298 g/mol. The molecule has 0 aliphatic rings. The summed E-state index contributed by atoms with van der Waals surface area (Å²) < 4.78 is 29.0. The minimum Gasteiger partial charge on any atom is -0.434 e. The summed E-state index contributed by atoms with van der Waals surface area (Å²) in [5.41, 5.74) is 0.925. The standard InChI is InChI=1S/C10H10BrClF2O/c11-9-7(4-2-6-12)3-1-5-8(9)15-10(13)14/h1,3,5,10H,2,4,6H2. The molecule has 0 fully saturated rings. The van der Waals surface area contributed by atoms with E-state index in [9.17, 15) is 8.78 Å². The average Bonchev–Trinajstić information content (AvgIpc) is 2.19. The molecule has 0 radical (unpaired) electrons. The van der Waals surface area contributed by atoms with Gasteiger partial charge in [-0.2, -0.15) is 8.78 Å². The first kappa shape index (κ1) is 12.7. The average molecular weight is 300 g/mol. The predicted molar refractivity (Wildman–Crippen MR) is 59.8 cm³/mol. The highest BCUT2D eigenvalue weighted by Crippen LogP contribution is 2.30. The largest absolute Gasteiger partial charge is 0.434 e. The molecule has 1 aromatic rings. The van der Waals surface area contributed by atoms with Gasteiger partial charge in [-0.1, -0.05) is 12.1 Å². The number of halogens is 4. The number of rotatable bonds is 5. The zero-order chi connectivity index (χ0) is 11.3. The third-order valence-corrected chi connectivity index (χ3v) is 3.01. The van der Waals surface area contributed by atoms with Crippen LogP contribution in [0.15, 0.2) is 22.7 Å². The minimum atomic E-state index is -2.80. The minimum absolute atomic E-state index is 0.164. The molecule has 0 bridgehead atoms.